The van der Waals surface area contributed by atoms with Crippen molar-refractivity contribution in [1.82, 2.24) is 4.57 Å². The van der Waals surface area contributed by atoms with Crippen molar-refractivity contribution in [2.24, 2.45) is 0 Å². The molecule has 0 aliphatic carbocycles. The normalized spacial score (nSPS) is 10.7. The summed E-state index contributed by atoms with van der Waals surface area (Å²) in [7, 11) is 0. The molecule has 2 aromatic rings. The Morgan fingerprint density at radius 3 is 2.80 bits per heavy atom. The van der Waals surface area contributed by atoms with E-state index in [-0.39, 0.29) is 13.2 Å². The molecule has 2 rings (SSSR count). The molecule has 0 radical (unpaired) electrons. The molecule has 0 bridgehead atoms. The van der Waals surface area contributed by atoms with Gasteiger partial charge in [0.05, 0.1) is 6.61 Å². The smallest absolute Gasteiger partial charge is 0.323 e. The summed E-state index contributed by atoms with van der Waals surface area (Å²) in [6.07, 6.45) is 1.72. The fraction of sp³-hybridized carbons (Fsp3) is 0.182. The number of aromatic nitrogens is 1. The van der Waals surface area contributed by atoms with Crippen LogP contribution in [0.5, 0.6) is 0 Å². The van der Waals surface area contributed by atoms with E-state index in [2.05, 4.69) is 0 Å². The Labute approximate surface area is 86.4 Å². The zero-order chi connectivity index (χ0) is 10.8. The second-order valence-electron chi connectivity index (χ2n) is 3.35. The number of nitrogens with zero attached hydrogens (tertiary/aromatic N) is 1. The van der Waals surface area contributed by atoms with Crippen LogP contribution < -0.4 is 0 Å². The lowest BCUT2D eigenvalue weighted by atomic mass is 10.1. The number of aliphatic hydroxyl groups is 1. The Morgan fingerprint density at radius 1 is 1.33 bits per heavy atom. The fourth-order valence-corrected chi connectivity index (χ4v) is 1.71. The minimum absolute atomic E-state index is 0.0333. The van der Waals surface area contributed by atoms with Crippen molar-refractivity contribution in [3.8, 4) is 0 Å². The van der Waals surface area contributed by atoms with Crippen LogP contribution in [0.1, 0.15) is 5.56 Å². The molecule has 1 aromatic heterocycles. The molecule has 0 unspecified atom stereocenters. The van der Waals surface area contributed by atoms with E-state index in [9.17, 15) is 4.79 Å². The highest BCUT2D eigenvalue weighted by molar-refractivity contribution is 5.84. The standard InChI is InChI=1S/C11H11NO3/c13-7-8-2-1-3-10-9(8)4-5-12(10)6-11(14)15/h1-5,13H,6-7H2,(H,14,15). The number of fused-ring (bicyclic) bond motifs is 1. The second kappa shape index (κ2) is 3.74. The summed E-state index contributed by atoms with van der Waals surface area (Å²) >= 11 is 0. The van der Waals surface area contributed by atoms with Gasteiger partial charge in [-0.15, -0.1) is 0 Å². The summed E-state index contributed by atoms with van der Waals surface area (Å²) in [5.74, 6) is -0.873. The summed E-state index contributed by atoms with van der Waals surface area (Å²) in [6, 6.07) is 7.31. The van der Waals surface area contributed by atoms with E-state index in [1.165, 1.54) is 0 Å². The average molecular weight is 205 g/mol. The largest absolute Gasteiger partial charge is 0.480 e. The van der Waals surface area contributed by atoms with Crippen molar-refractivity contribution in [2.75, 3.05) is 0 Å². The molecule has 1 aromatic carbocycles. The number of hydrogen-bond acceptors (Lipinski definition) is 2. The van der Waals surface area contributed by atoms with Gasteiger partial charge in [-0.25, -0.2) is 0 Å². The van der Waals surface area contributed by atoms with E-state index < -0.39 is 5.97 Å². The van der Waals surface area contributed by atoms with Crippen LogP contribution >= 0.6 is 0 Å². The first-order valence-corrected chi connectivity index (χ1v) is 4.62. The van der Waals surface area contributed by atoms with E-state index >= 15 is 0 Å². The lowest BCUT2D eigenvalue weighted by Crippen LogP contribution is -2.07. The van der Waals surface area contributed by atoms with Crippen LogP contribution in [0, 0.1) is 0 Å². The first-order valence-electron chi connectivity index (χ1n) is 4.62. The van der Waals surface area contributed by atoms with Crippen molar-refractivity contribution >= 4 is 16.9 Å². The molecule has 0 fully saturated rings. The van der Waals surface area contributed by atoms with Crippen LogP contribution in [-0.4, -0.2) is 20.7 Å². The molecule has 0 atom stereocenters. The molecule has 0 aliphatic rings. The molecule has 4 nitrogen and oxygen atoms in total. The SMILES string of the molecule is O=C(O)Cn1ccc2c(CO)cccc21. The first kappa shape index (κ1) is 9.73. The third kappa shape index (κ3) is 1.71. The highest BCUT2D eigenvalue weighted by Crippen LogP contribution is 2.20. The molecular formula is C11H11NO3. The van der Waals surface area contributed by atoms with Gasteiger partial charge in [-0.1, -0.05) is 12.1 Å². The van der Waals surface area contributed by atoms with Gasteiger partial charge in [-0.3, -0.25) is 4.79 Å². The van der Waals surface area contributed by atoms with Gasteiger partial charge in [0.2, 0.25) is 0 Å². The van der Waals surface area contributed by atoms with Gasteiger partial charge >= 0.3 is 5.97 Å². The maximum absolute atomic E-state index is 10.6. The van der Waals surface area contributed by atoms with Gasteiger partial charge in [-0.2, -0.15) is 0 Å². The zero-order valence-corrected chi connectivity index (χ0v) is 8.05. The van der Waals surface area contributed by atoms with Gasteiger partial charge in [0, 0.05) is 17.1 Å². The summed E-state index contributed by atoms with van der Waals surface area (Å²) < 4.78 is 1.65. The van der Waals surface area contributed by atoms with Crippen molar-refractivity contribution in [3.63, 3.8) is 0 Å². The van der Waals surface area contributed by atoms with E-state index in [0.717, 1.165) is 16.5 Å². The second-order valence-corrected chi connectivity index (χ2v) is 3.35. The Hall–Kier alpha value is -1.81. The fourth-order valence-electron chi connectivity index (χ4n) is 1.71. The number of benzene rings is 1. The van der Waals surface area contributed by atoms with Crippen LogP contribution in [0.4, 0.5) is 0 Å². The van der Waals surface area contributed by atoms with E-state index in [4.69, 9.17) is 10.2 Å². The molecule has 2 N–H and O–H groups in total. The Bertz CT molecular complexity index is 502. The Balaban J connectivity index is 2.55. The zero-order valence-electron chi connectivity index (χ0n) is 8.05. The van der Waals surface area contributed by atoms with Crippen molar-refractivity contribution in [2.45, 2.75) is 13.2 Å². The summed E-state index contributed by atoms with van der Waals surface area (Å²) in [6.45, 7) is -0.0905. The summed E-state index contributed by atoms with van der Waals surface area (Å²) in [4.78, 5) is 10.6. The Kier molecular flexibility index (Phi) is 2.43. The van der Waals surface area contributed by atoms with Crippen molar-refractivity contribution < 1.29 is 15.0 Å². The number of aliphatic hydroxyl groups excluding tert-OH is 1. The predicted octanol–water partition coefficient (Wildman–Crippen LogP) is 1.22. The minimum atomic E-state index is -0.873. The van der Waals surface area contributed by atoms with Crippen LogP contribution in [0.3, 0.4) is 0 Å². The molecule has 0 saturated carbocycles. The monoisotopic (exact) mass is 205 g/mol. The quantitative estimate of drug-likeness (QED) is 0.791. The van der Waals surface area contributed by atoms with Crippen LogP contribution in [-0.2, 0) is 17.9 Å². The third-order valence-corrected chi connectivity index (χ3v) is 2.38. The lowest BCUT2D eigenvalue weighted by Gasteiger charge is -2.02. The number of rotatable bonds is 3. The van der Waals surface area contributed by atoms with Crippen LogP contribution in [0.15, 0.2) is 30.5 Å². The molecule has 0 spiro atoms. The van der Waals surface area contributed by atoms with Crippen LogP contribution in [0.25, 0.3) is 10.9 Å². The molecule has 4 heteroatoms. The van der Waals surface area contributed by atoms with Gasteiger partial charge in [0.1, 0.15) is 6.54 Å². The molecule has 0 saturated heterocycles. The maximum atomic E-state index is 10.6. The van der Waals surface area contributed by atoms with Crippen LogP contribution in [0.2, 0.25) is 0 Å². The maximum Gasteiger partial charge on any atom is 0.323 e. The van der Waals surface area contributed by atoms with Gasteiger partial charge < -0.3 is 14.8 Å². The molecule has 78 valence electrons. The van der Waals surface area contributed by atoms with E-state index in [1.54, 1.807) is 10.8 Å². The Morgan fingerprint density at radius 2 is 2.13 bits per heavy atom. The van der Waals surface area contributed by atoms with E-state index in [0.29, 0.717) is 0 Å². The molecule has 0 aliphatic heterocycles. The average Bonchev–Trinajstić information content (AvgIpc) is 2.61. The number of hydrogen-bond donors (Lipinski definition) is 2. The third-order valence-electron chi connectivity index (χ3n) is 2.38. The molecule has 1 heterocycles. The number of aliphatic carboxylic acids is 1. The van der Waals surface area contributed by atoms with E-state index in [1.807, 2.05) is 24.3 Å². The number of carboxylic acid groups (broad SMARTS) is 1. The van der Waals surface area contributed by atoms with Gasteiger partial charge in [0.15, 0.2) is 0 Å². The molecule has 0 amide bonds. The highest BCUT2D eigenvalue weighted by atomic mass is 16.4. The topological polar surface area (TPSA) is 62.5 Å². The molecular weight excluding hydrogens is 194 g/mol. The number of carbonyl (C=O) groups is 1. The highest BCUT2D eigenvalue weighted by Gasteiger charge is 2.06. The van der Waals surface area contributed by atoms with Gasteiger partial charge in [0.25, 0.3) is 0 Å². The first-order chi connectivity index (χ1) is 7.22. The van der Waals surface area contributed by atoms with Crippen molar-refractivity contribution in [1.29, 1.82) is 0 Å². The predicted molar refractivity (Wildman–Crippen MR) is 55.5 cm³/mol. The van der Waals surface area contributed by atoms with Crippen molar-refractivity contribution in [3.05, 3.63) is 36.0 Å². The summed E-state index contributed by atoms with van der Waals surface area (Å²) in [5, 5.41) is 18.7. The molecule has 15 heavy (non-hydrogen) atoms. The number of carboxylic acids is 1. The van der Waals surface area contributed by atoms with Gasteiger partial charge in [-0.05, 0) is 17.7 Å². The minimum Gasteiger partial charge on any atom is -0.480 e. The summed E-state index contributed by atoms with van der Waals surface area (Å²) in [5.41, 5.74) is 1.65. The lowest BCUT2D eigenvalue weighted by molar-refractivity contribution is -0.137.